The van der Waals surface area contributed by atoms with Gasteiger partial charge in [0.25, 0.3) is 0 Å². The fraction of sp³-hybridized carbons (Fsp3) is 0.154. The minimum absolute atomic E-state index is 0.368. The predicted molar refractivity (Wildman–Crippen MR) is 76.9 cm³/mol. The molecule has 2 heterocycles. The van der Waals surface area contributed by atoms with Crippen molar-refractivity contribution in [3.63, 3.8) is 0 Å². The van der Waals surface area contributed by atoms with Crippen molar-refractivity contribution in [3.05, 3.63) is 53.1 Å². The van der Waals surface area contributed by atoms with Gasteiger partial charge in [-0.1, -0.05) is 23.7 Å². The van der Waals surface area contributed by atoms with Gasteiger partial charge in [0.1, 0.15) is 6.04 Å². The van der Waals surface area contributed by atoms with Gasteiger partial charge in [-0.2, -0.15) is 5.10 Å². The largest absolute Gasteiger partial charge is 0.270 e. The lowest BCUT2D eigenvalue weighted by Gasteiger charge is -2.16. The molecule has 0 fully saturated rings. The molecule has 0 radical (unpaired) electrons. The van der Waals surface area contributed by atoms with Gasteiger partial charge in [0.15, 0.2) is 0 Å². The number of aryl methyl sites for hydroxylation is 1. The highest BCUT2D eigenvalue weighted by Gasteiger charge is 2.21. The van der Waals surface area contributed by atoms with Crippen LogP contribution >= 0.6 is 11.6 Å². The summed E-state index contributed by atoms with van der Waals surface area (Å²) in [6.45, 7) is 0. The van der Waals surface area contributed by atoms with Crippen LogP contribution in [0.25, 0.3) is 11.0 Å². The van der Waals surface area contributed by atoms with Gasteiger partial charge in [-0.05, 0) is 12.1 Å². The van der Waals surface area contributed by atoms with E-state index in [2.05, 4.69) is 20.5 Å². The molecule has 0 aliphatic carbocycles. The number of para-hydroxylation sites is 2. The standard InChI is InChI=1S/C13H13ClN6/c1-20-13(8(14)6-17-20)12(19-15)11-7-16-9-4-2-3-5-10(9)18-11/h2-7,12,19H,15H2,1H3. The zero-order valence-corrected chi connectivity index (χ0v) is 11.5. The normalized spacial score (nSPS) is 12.8. The van der Waals surface area contributed by atoms with Crippen LogP contribution in [-0.2, 0) is 7.05 Å². The van der Waals surface area contributed by atoms with Crippen molar-refractivity contribution in [2.24, 2.45) is 12.9 Å². The fourth-order valence-electron chi connectivity index (χ4n) is 2.16. The number of rotatable bonds is 3. The van der Waals surface area contributed by atoms with E-state index in [4.69, 9.17) is 17.4 Å². The van der Waals surface area contributed by atoms with Crippen molar-refractivity contribution >= 4 is 22.6 Å². The second-order valence-electron chi connectivity index (χ2n) is 4.38. The predicted octanol–water partition coefficient (Wildman–Crippen LogP) is 1.57. The maximum Gasteiger partial charge on any atom is 0.108 e. The van der Waals surface area contributed by atoms with Crippen molar-refractivity contribution in [3.8, 4) is 0 Å². The summed E-state index contributed by atoms with van der Waals surface area (Å²) in [5.41, 5.74) is 5.80. The molecule has 0 saturated carbocycles. The SMILES string of the molecule is Cn1ncc(Cl)c1C(NN)c1cnc2ccccc2n1. The minimum atomic E-state index is -0.368. The molecule has 0 aliphatic heterocycles. The van der Waals surface area contributed by atoms with Gasteiger partial charge < -0.3 is 0 Å². The van der Waals surface area contributed by atoms with Gasteiger partial charge in [0, 0.05) is 7.05 Å². The van der Waals surface area contributed by atoms with E-state index in [9.17, 15) is 0 Å². The third kappa shape index (κ3) is 2.14. The summed E-state index contributed by atoms with van der Waals surface area (Å²) in [4.78, 5) is 8.97. The van der Waals surface area contributed by atoms with Crippen LogP contribution < -0.4 is 11.3 Å². The lowest BCUT2D eigenvalue weighted by Crippen LogP contribution is -2.31. The van der Waals surface area contributed by atoms with Gasteiger partial charge in [-0.3, -0.25) is 15.5 Å². The molecule has 102 valence electrons. The molecular formula is C13H13ClN6. The molecule has 0 spiro atoms. The number of aromatic nitrogens is 4. The van der Waals surface area contributed by atoms with Crippen LogP contribution in [0.15, 0.2) is 36.7 Å². The third-order valence-electron chi connectivity index (χ3n) is 3.14. The number of hydrogen-bond donors (Lipinski definition) is 2. The van der Waals surface area contributed by atoms with Crippen molar-refractivity contribution in [2.75, 3.05) is 0 Å². The van der Waals surface area contributed by atoms with Crippen LogP contribution in [0.5, 0.6) is 0 Å². The maximum absolute atomic E-state index is 6.16. The zero-order valence-electron chi connectivity index (χ0n) is 10.8. The second-order valence-corrected chi connectivity index (χ2v) is 4.79. The summed E-state index contributed by atoms with van der Waals surface area (Å²) in [7, 11) is 1.81. The van der Waals surface area contributed by atoms with E-state index in [1.54, 1.807) is 24.1 Å². The Labute approximate surface area is 120 Å². The first-order valence-electron chi connectivity index (χ1n) is 6.06. The molecule has 0 bridgehead atoms. The Kier molecular flexibility index (Phi) is 3.35. The number of halogens is 1. The first-order valence-corrected chi connectivity index (χ1v) is 6.43. The quantitative estimate of drug-likeness (QED) is 0.565. The van der Waals surface area contributed by atoms with E-state index in [1.165, 1.54) is 0 Å². The number of nitrogens with zero attached hydrogens (tertiary/aromatic N) is 4. The van der Waals surface area contributed by atoms with Crippen molar-refractivity contribution in [2.45, 2.75) is 6.04 Å². The number of hydrogen-bond acceptors (Lipinski definition) is 5. The Morgan fingerprint density at radius 2 is 2.00 bits per heavy atom. The Hall–Kier alpha value is -2.02. The fourth-order valence-corrected chi connectivity index (χ4v) is 2.43. The molecule has 20 heavy (non-hydrogen) atoms. The Balaban J connectivity index is 2.12. The van der Waals surface area contributed by atoms with Gasteiger partial charge in [-0.15, -0.1) is 0 Å². The summed E-state index contributed by atoms with van der Waals surface area (Å²) < 4.78 is 1.67. The van der Waals surface area contributed by atoms with Crippen LogP contribution in [-0.4, -0.2) is 19.7 Å². The third-order valence-corrected chi connectivity index (χ3v) is 3.43. The molecule has 7 heteroatoms. The highest BCUT2D eigenvalue weighted by molar-refractivity contribution is 6.31. The van der Waals surface area contributed by atoms with Crippen LogP contribution in [0.3, 0.4) is 0 Å². The average molecular weight is 289 g/mol. The van der Waals surface area contributed by atoms with E-state index in [0.717, 1.165) is 16.7 Å². The first-order chi connectivity index (χ1) is 9.70. The maximum atomic E-state index is 6.16. The molecule has 3 rings (SSSR count). The van der Waals surface area contributed by atoms with Crippen molar-refractivity contribution in [1.29, 1.82) is 0 Å². The summed E-state index contributed by atoms with van der Waals surface area (Å²) in [6.07, 6.45) is 3.27. The molecule has 1 aromatic carbocycles. The van der Waals surface area contributed by atoms with E-state index < -0.39 is 0 Å². The molecule has 0 aliphatic rings. The number of hydrazine groups is 1. The average Bonchev–Trinajstić information content (AvgIpc) is 2.80. The highest BCUT2D eigenvalue weighted by atomic mass is 35.5. The van der Waals surface area contributed by atoms with Crippen LogP contribution in [0, 0.1) is 0 Å². The van der Waals surface area contributed by atoms with Gasteiger partial charge in [0.2, 0.25) is 0 Å². The van der Waals surface area contributed by atoms with Crippen molar-refractivity contribution < 1.29 is 0 Å². The molecule has 0 saturated heterocycles. The topological polar surface area (TPSA) is 81.7 Å². The molecule has 3 aromatic rings. The van der Waals surface area contributed by atoms with E-state index in [1.807, 2.05) is 24.3 Å². The molecular weight excluding hydrogens is 276 g/mol. The van der Waals surface area contributed by atoms with E-state index in [0.29, 0.717) is 10.7 Å². The Bertz CT molecular complexity index is 734. The second kappa shape index (κ2) is 5.16. The molecule has 2 aromatic heterocycles. The summed E-state index contributed by atoms with van der Waals surface area (Å²) >= 11 is 6.16. The zero-order chi connectivity index (χ0) is 14.1. The lowest BCUT2D eigenvalue weighted by molar-refractivity contribution is 0.564. The Morgan fingerprint density at radius 1 is 1.25 bits per heavy atom. The molecule has 3 N–H and O–H groups in total. The van der Waals surface area contributed by atoms with Crippen LogP contribution in [0.4, 0.5) is 0 Å². The molecule has 6 nitrogen and oxygen atoms in total. The summed E-state index contributed by atoms with van der Waals surface area (Å²) in [5.74, 6) is 5.66. The summed E-state index contributed by atoms with van der Waals surface area (Å²) in [5, 5.41) is 4.65. The number of benzene rings is 1. The van der Waals surface area contributed by atoms with Gasteiger partial charge >= 0.3 is 0 Å². The molecule has 0 amide bonds. The smallest absolute Gasteiger partial charge is 0.108 e. The lowest BCUT2D eigenvalue weighted by atomic mass is 10.1. The number of nitrogens with two attached hydrogens (primary N) is 1. The monoisotopic (exact) mass is 288 g/mol. The number of nitrogens with one attached hydrogen (secondary N) is 1. The minimum Gasteiger partial charge on any atom is -0.270 e. The van der Waals surface area contributed by atoms with Gasteiger partial charge in [-0.25, -0.2) is 10.4 Å². The van der Waals surface area contributed by atoms with E-state index >= 15 is 0 Å². The highest BCUT2D eigenvalue weighted by Crippen LogP contribution is 2.26. The van der Waals surface area contributed by atoms with E-state index in [-0.39, 0.29) is 6.04 Å². The van der Waals surface area contributed by atoms with Crippen LogP contribution in [0.2, 0.25) is 5.02 Å². The Morgan fingerprint density at radius 3 is 2.65 bits per heavy atom. The first kappa shape index (κ1) is 13.0. The molecule has 1 atom stereocenters. The summed E-state index contributed by atoms with van der Waals surface area (Å²) in [6, 6.07) is 7.29. The van der Waals surface area contributed by atoms with Crippen molar-refractivity contribution in [1.82, 2.24) is 25.2 Å². The van der Waals surface area contributed by atoms with Gasteiger partial charge in [0.05, 0.1) is 39.8 Å². The number of fused-ring (bicyclic) bond motifs is 1. The molecule has 1 unspecified atom stereocenters. The van der Waals surface area contributed by atoms with Crippen LogP contribution in [0.1, 0.15) is 17.4 Å².